The number of carbonyl (C=O) groups excluding carboxylic acids is 1. The minimum atomic E-state index is -4.57. The van der Waals surface area contributed by atoms with E-state index in [9.17, 15) is 26.4 Å². The Morgan fingerprint density at radius 1 is 1.07 bits per heavy atom. The van der Waals surface area contributed by atoms with Crippen molar-refractivity contribution in [2.45, 2.75) is 42.0 Å². The molecule has 0 unspecified atom stereocenters. The Morgan fingerprint density at radius 3 is 2.33 bits per heavy atom. The largest absolute Gasteiger partial charge is 0.495 e. The number of ether oxygens (including phenoxy) is 2. The third-order valence-corrected chi connectivity index (χ3v) is 9.07. The molecule has 1 aromatic heterocycles. The van der Waals surface area contributed by atoms with Gasteiger partial charge in [0.1, 0.15) is 23.2 Å². The van der Waals surface area contributed by atoms with Crippen molar-refractivity contribution in [3.63, 3.8) is 0 Å². The molecule has 8 nitrogen and oxygen atoms in total. The number of methoxy groups -OCH3 is 1. The summed E-state index contributed by atoms with van der Waals surface area (Å²) in [6, 6.07) is 12.3. The number of nitrogens with zero attached hydrogens (tertiary/aromatic N) is 1. The second kappa shape index (κ2) is 12.9. The van der Waals surface area contributed by atoms with E-state index in [1.165, 1.54) is 26.2 Å². The van der Waals surface area contributed by atoms with Crippen molar-refractivity contribution in [1.82, 2.24) is 14.7 Å². The zero-order valence-electron chi connectivity index (χ0n) is 23.4. The number of H-pyrrole nitrogens is 1. The maximum absolute atomic E-state index is 15.0. The number of thioether (sulfide) groups is 1. The van der Waals surface area contributed by atoms with Crippen LogP contribution in [0.4, 0.5) is 18.0 Å². The summed E-state index contributed by atoms with van der Waals surface area (Å²) in [5.41, 5.74) is 1.44. The minimum absolute atomic E-state index is 0.0946. The average Bonchev–Trinajstić information content (AvgIpc) is 3.38. The molecule has 14 heteroatoms. The number of carbonyl (C=O) groups is 1. The van der Waals surface area contributed by atoms with Gasteiger partial charge < -0.3 is 14.5 Å². The van der Waals surface area contributed by atoms with Crippen molar-refractivity contribution in [3.8, 4) is 17.0 Å². The number of benzene rings is 3. The maximum Gasteiger partial charge on any atom is 0.421 e. The fraction of sp³-hybridized carbons (Fsp3) is 0.241. The first-order valence-corrected chi connectivity index (χ1v) is 15.6. The van der Waals surface area contributed by atoms with Gasteiger partial charge in [0, 0.05) is 22.3 Å². The number of aromatic nitrogens is 2. The quantitative estimate of drug-likeness (QED) is 0.174. The van der Waals surface area contributed by atoms with E-state index in [1.807, 2.05) is 19.9 Å². The third-order valence-electron chi connectivity index (χ3n) is 6.57. The van der Waals surface area contributed by atoms with E-state index >= 15 is 0 Å². The molecule has 0 aliphatic carbocycles. The lowest BCUT2D eigenvalue weighted by Gasteiger charge is -2.26. The maximum atomic E-state index is 15.0. The van der Waals surface area contributed by atoms with Gasteiger partial charge in [-0.3, -0.25) is 0 Å². The van der Waals surface area contributed by atoms with Gasteiger partial charge in [0.2, 0.25) is 0 Å². The van der Waals surface area contributed by atoms with Crippen LogP contribution in [0.5, 0.6) is 5.75 Å². The van der Waals surface area contributed by atoms with Gasteiger partial charge >= 0.3 is 6.09 Å². The van der Waals surface area contributed by atoms with Gasteiger partial charge in [0.25, 0.3) is 10.0 Å². The number of halogens is 4. The Kier molecular flexibility index (Phi) is 9.67. The van der Waals surface area contributed by atoms with Crippen LogP contribution in [0.1, 0.15) is 37.6 Å². The second-order valence-corrected chi connectivity index (χ2v) is 12.8. The molecule has 0 aliphatic rings. The molecule has 0 fully saturated rings. The number of amides is 1. The number of hydrogen-bond donors (Lipinski definition) is 2. The molecule has 0 atom stereocenters. The number of aromatic amines is 1. The van der Waals surface area contributed by atoms with Crippen LogP contribution in [0.2, 0.25) is 5.02 Å². The van der Waals surface area contributed by atoms with Gasteiger partial charge in [-0.05, 0) is 61.0 Å². The highest BCUT2D eigenvalue weighted by Crippen LogP contribution is 2.41. The molecule has 228 valence electrons. The predicted octanol–water partition coefficient (Wildman–Crippen LogP) is 7.21. The predicted molar refractivity (Wildman–Crippen MR) is 157 cm³/mol. The minimum Gasteiger partial charge on any atom is -0.495 e. The van der Waals surface area contributed by atoms with Gasteiger partial charge in [-0.1, -0.05) is 43.3 Å². The van der Waals surface area contributed by atoms with Crippen LogP contribution in [0.15, 0.2) is 64.6 Å². The second-order valence-electron chi connectivity index (χ2n) is 9.73. The molecule has 2 N–H and O–H groups in total. The summed E-state index contributed by atoms with van der Waals surface area (Å²) in [7, 11) is -3.07. The van der Waals surface area contributed by atoms with Crippen LogP contribution in [0, 0.1) is 17.5 Å². The molecule has 0 saturated carbocycles. The van der Waals surface area contributed by atoms with E-state index in [4.69, 9.17) is 16.3 Å². The highest BCUT2D eigenvalue weighted by Gasteiger charge is 2.31. The summed E-state index contributed by atoms with van der Waals surface area (Å²) in [5, 5.41) is 0.740. The molecule has 1 amide bonds. The van der Waals surface area contributed by atoms with Gasteiger partial charge in [0.15, 0.2) is 5.16 Å². The fourth-order valence-electron chi connectivity index (χ4n) is 4.22. The molecule has 43 heavy (non-hydrogen) atoms. The van der Waals surface area contributed by atoms with Gasteiger partial charge in [0.05, 0.1) is 35.0 Å². The number of sulfonamides is 1. The molecule has 4 rings (SSSR count). The average molecular weight is 654 g/mol. The highest BCUT2D eigenvalue weighted by atomic mass is 35.5. The molecule has 0 bridgehead atoms. The molecule has 1 heterocycles. The summed E-state index contributed by atoms with van der Waals surface area (Å²) in [4.78, 5) is 18.7. The molecule has 0 aliphatic heterocycles. The first-order valence-electron chi connectivity index (χ1n) is 12.8. The Bertz CT molecular complexity index is 1740. The lowest BCUT2D eigenvalue weighted by atomic mass is 9.79. The smallest absolute Gasteiger partial charge is 0.421 e. The number of imidazole rings is 1. The van der Waals surface area contributed by atoms with Crippen molar-refractivity contribution in [2.75, 3.05) is 13.7 Å². The van der Waals surface area contributed by atoms with Crippen LogP contribution >= 0.6 is 23.4 Å². The molecular weight excluding hydrogens is 627 g/mol. The topological polar surface area (TPSA) is 110 Å². The lowest BCUT2D eigenvalue weighted by molar-refractivity contribution is 0.158. The number of hydrogen-bond acceptors (Lipinski definition) is 7. The zero-order chi connectivity index (χ0) is 31.5. The SMILES string of the molecule is CCOC(=O)NS(=O)(=O)c1cc(F)c(CSc2nc(-c3ccc(F)cc3)c(C(C)(C)c3ccc(Cl)c(OC)c3)[nH]2)c(F)c1. The molecule has 0 radical (unpaired) electrons. The van der Waals surface area contributed by atoms with Crippen molar-refractivity contribution >= 4 is 39.5 Å². The summed E-state index contributed by atoms with van der Waals surface area (Å²) in [6.07, 6.45) is -1.27. The van der Waals surface area contributed by atoms with Crippen LogP contribution in [0.25, 0.3) is 11.3 Å². The normalized spacial score (nSPS) is 11.8. The van der Waals surface area contributed by atoms with E-state index < -0.39 is 49.4 Å². The van der Waals surface area contributed by atoms with Crippen molar-refractivity contribution in [2.24, 2.45) is 0 Å². The molecule has 4 aromatic rings. The van der Waals surface area contributed by atoms with Gasteiger partial charge in [-0.15, -0.1) is 0 Å². The van der Waals surface area contributed by atoms with Crippen LogP contribution in [-0.4, -0.2) is 38.2 Å². The summed E-state index contributed by atoms with van der Waals surface area (Å²) in [5.74, 6) is -2.47. The van der Waals surface area contributed by atoms with Crippen molar-refractivity contribution in [1.29, 1.82) is 0 Å². The van der Waals surface area contributed by atoms with E-state index in [-0.39, 0.29) is 12.4 Å². The van der Waals surface area contributed by atoms with E-state index in [0.29, 0.717) is 45.0 Å². The van der Waals surface area contributed by atoms with E-state index in [2.05, 4.69) is 14.7 Å². The van der Waals surface area contributed by atoms with Crippen molar-refractivity contribution < 1.29 is 35.9 Å². The first kappa shape index (κ1) is 32.2. The van der Waals surface area contributed by atoms with Gasteiger partial charge in [-0.25, -0.2) is 36.1 Å². The summed E-state index contributed by atoms with van der Waals surface area (Å²) < 4.78 is 79.9. The number of nitrogens with one attached hydrogen (secondary N) is 2. The fourth-order valence-corrected chi connectivity index (χ4v) is 6.22. The van der Waals surface area contributed by atoms with Crippen LogP contribution in [-0.2, 0) is 25.9 Å². The monoisotopic (exact) mass is 653 g/mol. The summed E-state index contributed by atoms with van der Waals surface area (Å²) >= 11 is 7.21. The molecule has 0 spiro atoms. The summed E-state index contributed by atoms with van der Waals surface area (Å²) in [6.45, 7) is 5.25. The molecular formula is C29H27ClF3N3O5S2. The Hall–Kier alpha value is -3.68. The van der Waals surface area contributed by atoms with Crippen LogP contribution in [0.3, 0.4) is 0 Å². The van der Waals surface area contributed by atoms with Crippen LogP contribution < -0.4 is 9.46 Å². The Balaban J connectivity index is 1.68. The Labute approximate surface area is 256 Å². The molecule has 0 saturated heterocycles. The standard InChI is InChI=1S/C29H27ClF3N3O5S2/c1-5-41-28(37)36-43(38,39)19-13-22(32)20(23(33)14-19)15-42-27-34-25(16-6-9-18(31)10-7-16)26(35-27)29(2,3)17-8-11-21(30)24(12-17)40-4/h6-14H,5,15H2,1-4H3,(H,34,35)(H,36,37). The molecule has 3 aromatic carbocycles. The lowest BCUT2D eigenvalue weighted by Crippen LogP contribution is -2.31. The van der Waals surface area contributed by atoms with E-state index in [1.54, 1.807) is 29.0 Å². The zero-order valence-corrected chi connectivity index (χ0v) is 25.8. The number of rotatable bonds is 10. The first-order chi connectivity index (χ1) is 20.3. The Morgan fingerprint density at radius 2 is 1.72 bits per heavy atom. The highest BCUT2D eigenvalue weighted by molar-refractivity contribution is 7.98. The van der Waals surface area contributed by atoms with Gasteiger partial charge in [-0.2, -0.15) is 0 Å². The third kappa shape index (κ3) is 7.11. The van der Waals surface area contributed by atoms with E-state index in [0.717, 1.165) is 17.3 Å². The van der Waals surface area contributed by atoms with Crippen molar-refractivity contribution in [3.05, 3.63) is 93.9 Å².